The topological polar surface area (TPSA) is 62.7 Å². The number of carbonyl (C=O) groups is 1. The van der Waals surface area contributed by atoms with E-state index in [2.05, 4.69) is 40.4 Å². The van der Waals surface area contributed by atoms with Crippen LogP contribution in [0.15, 0.2) is 46.1 Å². The molecule has 5 nitrogen and oxygen atoms in total. The zero-order chi connectivity index (χ0) is 25.3. The Morgan fingerprint density at radius 3 is 2.89 bits per heavy atom. The van der Waals surface area contributed by atoms with Gasteiger partial charge in [0.1, 0.15) is 5.75 Å². The van der Waals surface area contributed by atoms with Crippen LogP contribution in [0, 0.1) is 18.8 Å². The van der Waals surface area contributed by atoms with Crippen molar-refractivity contribution in [2.24, 2.45) is 11.8 Å². The molecule has 1 saturated heterocycles. The summed E-state index contributed by atoms with van der Waals surface area (Å²) in [5, 5.41) is 12.7. The molecule has 1 aliphatic heterocycles. The summed E-state index contributed by atoms with van der Waals surface area (Å²) < 4.78 is 6.86. The highest BCUT2D eigenvalue weighted by Gasteiger charge is 2.29. The van der Waals surface area contributed by atoms with Crippen molar-refractivity contribution >= 4 is 40.0 Å². The molecule has 0 radical (unpaired) electrons. The van der Waals surface area contributed by atoms with Crippen LogP contribution in [0.5, 0.6) is 5.75 Å². The Kier molecular flexibility index (Phi) is 10.1. The number of thiophene rings is 1. The Balaban J connectivity index is 1.29. The average molecular weight is 527 g/mol. The molecule has 0 bridgehead atoms. The molecule has 2 aromatic heterocycles. The summed E-state index contributed by atoms with van der Waals surface area (Å²) in [6.45, 7) is 5.46. The number of piperidine rings is 1. The van der Waals surface area contributed by atoms with Crippen molar-refractivity contribution in [3.63, 3.8) is 0 Å². The molecule has 1 aliphatic rings. The molecule has 194 valence electrons. The van der Waals surface area contributed by atoms with E-state index in [-0.39, 0.29) is 6.42 Å². The fourth-order valence-electron chi connectivity index (χ4n) is 5.42. The Labute approximate surface area is 223 Å². The molecule has 3 aromatic rings. The van der Waals surface area contributed by atoms with Crippen molar-refractivity contribution in [3.05, 3.63) is 53.0 Å². The molecule has 4 rings (SSSR count). The SMILES string of the molecule is COc1ccc2nccc(CCCC3CCN(CCCSc4sccc4C)CC3CCC(=O)O)c2c1. The molecule has 7 heteroatoms. The predicted molar refractivity (Wildman–Crippen MR) is 151 cm³/mol. The molecule has 2 unspecified atom stereocenters. The second-order valence-electron chi connectivity index (χ2n) is 9.88. The summed E-state index contributed by atoms with van der Waals surface area (Å²) in [5.41, 5.74) is 3.71. The van der Waals surface area contributed by atoms with Crippen LogP contribution in [-0.4, -0.2) is 53.5 Å². The lowest BCUT2D eigenvalue weighted by Gasteiger charge is -2.39. The number of ether oxygens (including phenoxy) is 1. The lowest BCUT2D eigenvalue weighted by molar-refractivity contribution is -0.137. The van der Waals surface area contributed by atoms with Gasteiger partial charge in [0.15, 0.2) is 0 Å². The number of hydrogen-bond acceptors (Lipinski definition) is 6. The number of fused-ring (bicyclic) bond motifs is 1. The number of pyridine rings is 1. The third-order valence-corrected chi connectivity index (χ3v) is 9.96. The van der Waals surface area contributed by atoms with Crippen molar-refractivity contribution in [3.8, 4) is 5.75 Å². The molecule has 36 heavy (non-hydrogen) atoms. The molecule has 2 atom stereocenters. The summed E-state index contributed by atoms with van der Waals surface area (Å²) in [5.74, 6) is 2.40. The molecule has 1 aromatic carbocycles. The Hall–Kier alpha value is -2.09. The lowest BCUT2D eigenvalue weighted by atomic mass is 9.79. The lowest BCUT2D eigenvalue weighted by Crippen LogP contribution is -2.41. The zero-order valence-electron chi connectivity index (χ0n) is 21.4. The van der Waals surface area contributed by atoms with Gasteiger partial charge in [-0.2, -0.15) is 0 Å². The number of thioether (sulfide) groups is 1. The van der Waals surface area contributed by atoms with Gasteiger partial charge in [0.05, 0.1) is 16.8 Å². The van der Waals surface area contributed by atoms with Crippen molar-refractivity contribution in [2.75, 3.05) is 32.5 Å². The van der Waals surface area contributed by atoms with Crippen LogP contribution in [0.4, 0.5) is 0 Å². The van der Waals surface area contributed by atoms with Gasteiger partial charge in [0, 0.05) is 30.3 Å². The minimum Gasteiger partial charge on any atom is -0.497 e. The molecule has 3 heterocycles. The monoisotopic (exact) mass is 526 g/mol. The number of aliphatic carboxylic acids is 1. The number of carboxylic acids is 1. The Morgan fingerprint density at radius 1 is 1.22 bits per heavy atom. The molecule has 1 fully saturated rings. The van der Waals surface area contributed by atoms with Crippen LogP contribution >= 0.6 is 23.1 Å². The summed E-state index contributed by atoms with van der Waals surface area (Å²) in [4.78, 5) is 18.4. The number of carboxylic acid groups (broad SMARTS) is 1. The summed E-state index contributed by atoms with van der Waals surface area (Å²) in [6, 6.07) is 10.4. The molecular formula is C29H38N2O3S2. The summed E-state index contributed by atoms with van der Waals surface area (Å²) in [6.07, 6.45) is 8.59. The minimum atomic E-state index is -0.675. The van der Waals surface area contributed by atoms with Crippen molar-refractivity contribution < 1.29 is 14.6 Å². The molecule has 0 saturated carbocycles. The number of likely N-dealkylation sites (tertiary alicyclic amines) is 1. The third kappa shape index (κ3) is 7.46. The number of nitrogens with zero attached hydrogens (tertiary/aromatic N) is 2. The van der Waals surface area contributed by atoms with Gasteiger partial charge in [-0.15, -0.1) is 23.1 Å². The molecule has 0 amide bonds. The van der Waals surface area contributed by atoms with E-state index >= 15 is 0 Å². The molecule has 0 spiro atoms. The average Bonchev–Trinajstić information content (AvgIpc) is 3.30. The van der Waals surface area contributed by atoms with Gasteiger partial charge in [-0.05, 0) is 117 Å². The van der Waals surface area contributed by atoms with Crippen molar-refractivity contribution in [1.29, 1.82) is 0 Å². The van der Waals surface area contributed by atoms with Gasteiger partial charge in [-0.25, -0.2) is 0 Å². The van der Waals surface area contributed by atoms with Crippen LogP contribution in [0.3, 0.4) is 0 Å². The first-order valence-electron chi connectivity index (χ1n) is 13.1. The molecule has 0 aliphatic carbocycles. The molecule has 1 N–H and O–H groups in total. The number of rotatable bonds is 13. The van der Waals surface area contributed by atoms with Crippen LogP contribution < -0.4 is 4.74 Å². The maximum atomic E-state index is 11.3. The first-order valence-corrected chi connectivity index (χ1v) is 14.9. The van der Waals surface area contributed by atoms with E-state index in [1.807, 2.05) is 41.4 Å². The van der Waals surface area contributed by atoms with Crippen LogP contribution in [-0.2, 0) is 11.2 Å². The Morgan fingerprint density at radius 2 is 2.11 bits per heavy atom. The van der Waals surface area contributed by atoms with E-state index in [9.17, 15) is 9.90 Å². The number of methoxy groups -OCH3 is 1. The highest BCUT2D eigenvalue weighted by atomic mass is 32.2. The van der Waals surface area contributed by atoms with E-state index in [1.165, 1.54) is 33.6 Å². The molecular weight excluding hydrogens is 488 g/mol. The zero-order valence-corrected chi connectivity index (χ0v) is 23.1. The highest BCUT2D eigenvalue weighted by molar-refractivity contribution is 8.01. The number of aromatic nitrogens is 1. The van der Waals surface area contributed by atoms with Gasteiger partial charge < -0.3 is 14.7 Å². The van der Waals surface area contributed by atoms with Crippen molar-refractivity contribution in [1.82, 2.24) is 9.88 Å². The standard InChI is InChI=1S/C29H38N2O3S2/c1-21-13-18-36-29(21)35-17-4-15-31-16-12-22(24(20-31)7-10-28(32)33)5-3-6-23-11-14-30-27-9-8-25(34-2)19-26(23)27/h8-9,11,13-14,18-19,22,24H,3-7,10,12,15-17,20H2,1-2H3,(H,32,33). The van der Waals surface area contributed by atoms with Gasteiger partial charge in [0.25, 0.3) is 0 Å². The van der Waals surface area contributed by atoms with Gasteiger partial charge in [0.2, 0.25) is 0 Å². The van der Waals surface area contributed by atoms with E-state index in [0.717, 1.165) is 62.3 Å². The number of benzene rings is 1. The van der Waals surface area contributed by atoms with E-state index < -0.39 is 5.97 Å². The largest absolute Gasteiger partial charge is 0.497 e. The number of aryl methyl sites for hydroxylation is 2. The third-order valence-electron chi connectivity index (χ3n) is 7.43. The maximum Gasteiger partial charge on any atom is 0.303 e. The second-order valence-corrected chi connectivity index (χ2v) is 12.2. The van der Waals surface area contributed by atoms with E-state index in [1.54, 1.807) is 7.11 Å². The second kappa shape index (κ2) is 13.5. The highest BCUT2D eigenvalue weighted by Crippen LogP contribution is 2.33. The predicted octanol–water partition coefficient (Wildman–Crippen LogP) is 6.92. The van der Waals surface area contributed by atoms with Gasteiger partial charge >= 0.3 is 5.97 Å². The Bertz CT molecular complexity index is 1130. The maximum absolute atomic E-state index is 11.3. The van der Waals surface area contributed by atoms with E-state index in [4.69, 9.17) is 4.74 Å². The van der Waals surface area contributed by atoms with Crippen molar-refractivity contribution in [2.45, 2.75) is 56.1 Å². The normalized spacial score (nSPS) is 18.5. The summed E-state index contributed by atoms with van der Waals surface area (Å²) in [7, 11) is 1.70. The fraction of sp³-hybridized carbons (Fsp3) is 0.517. The fourth-order valence-corrected chi connectivity index (χ4v) is 7.51. The first-order chi connectivity index (χ1) is 17.5. The van der Waals surface area contributed by atoms with E-state index in [0.29, 0.717) is 11.8 Å². The van der Waals surface area contributed by atoms with Gasteiger partial charge in [-0.1, -0.05) is 0 Å². The minimum absolute atomic E-state index is 0.275. The quantitative estimate of drug-likeness (QED) is 0.193. The van der Waals surface area contributed by atoms with Crippen LogP contribution in [0.2, 0.25) is 0 Å². The van der Waals surface area contributed by atoms with Crippen LogP contribution in [0.1, 0.15) is 49.7 Å². The summed E-state index contributed by atoms with van der Waals surface area (Å²) >= 11 is 3.81. The van der Waals surface area contributed by atoms with Gasteiger partial charge in [-0.3, -0.25) is 9.78 Å². The van der Waals surface area contributed by atoms with Crippen LogP contribution in [0.25, 0.3) is 10.9 Å². The smallest absolute Gasteiger partial charge is 0.303 e. The first kappa shape index (κ1) is 27.0. The number of hydrogen-bond donors (Lipinski definition) is 1.